The van der Waals surface area contributed by atoms with Gasteiger partial charge in [0, 0.05) is 65.0 Å². The largest absolute Gasteiger partial charge is 0.465 e. The summed E-state index contributed by atoms with van der Waals surface area (Å²) in [7, 11) is 0. The third kappa shape index (κ3) is 5.93. The summed E-state index contributed by atoms with van der Waals surface area (Å²) in [5, 5.41) is 18.3. The van der Waals surface area contributed by atoms with Crippen LogP contribution in [0.25, 0.3) is 0 Å². The van der Waals surface area contributed by atoms with Crippen LogP contribution >= 0.6 is 0 Å². The Balaban J connectivity index is 0.000000158. The smallest absolute Gasteiger partial charge is 0.307 e. The number of carbonyl (C=O) groups is 3. The van der Waals surface area contributed by atoms with Crippen LogP contribution in [0.4, 0.5) is 0 Å². The molecule has 0 aromatic heterocycles. The first-order valence-corrected chi connectivity index (χ1v) is 11.8. The average Bonchev–Trinajstić information content (AvgIpc) is 3.68. The van der Waals surface area contributed by atoms with Gasteiger partial charge in [-0.3, -0.25) is 14.4 Å². The first-order valence-electron chi connectivity index (χ1n) is 11.8. The summed E-state index contributed by atoms with van der Waals surface area (Å²) in [6.07, 6.45) is 2.49. The van der Waals surface area contributed by atoms with Crippen molar-refractivity contribution >= 4 is 17.5 Å². The number of Topliss-reactive ketones (excluding diaryl/α,β-unsaturated/α-hetero) is 1. The van der Waals surface area contributed by atoms with Gasteiger partial charge in [-0.25, -0.2) is 0 Å². The zero-order chi connectivity index (χ0) is 23.6. The number of ketones is 2. The maximum atomic E-state index is 12.4. The molecule has 4 aliphatic heterocycles. The van der Waals surface area contributed by atoms with Gasteiger partial charge < -0.3 is 34.5 Å². The monoisotopic (exact) mass is 462 g/mol. The van der Waals surface area contributed by atoms with Crippen molar-refractivity contribution in [3.8, 4) is 0 Å². The molecule has 0 aromatic carbocycles. The van der Waals surface area contributed by atoms with Gasteiger partial charge in [-0.15, -0.1) is 0 Å². The van der Waals surface area contributed by atoms with Crippen molar-refractivity contribution in [3.63, 3.8) is 0 Å². The highest BCUT2D eigenvalue weighted by Crippen LogP contribution is 2.33. The van der Waals surface area contributed by atoms with E-state index in [4.69, 9.17) is 14.9 Å². The topological polar surface area (TPSA) is 113 Å². The van der Waals surface area contributed by atoms with E-state index in [-0.39, 0.29) is 37.4 Å². The summed E-state index contributed by atoms with van der Waals surface area (Å²) in [6, 6.07) is 0. The molecule has 0 spiro atoms. The lowest BCUT2D eigenvalue weighted by atomic mass is 9.88. The van der Waals surface area contributed by atoms with Gasteiger partial charge >= 0.3 is 5.97 Å². The zero-order valence-corrected chi connectivity index (χ0v) is 19.3. The Bertz CT molecular complexity index is 841. The number of rotatable bonds is 11. The third-order valence-electron chi connectivity index (χ3n) is 6.62. The summed E-state index contributed by atoms with van der Waals surface area (Å²) in [4.78, 5) is 44.0. The Morgan fingerprint density at radius 2 is 1.52 bits per heavy atom. The van der Waals surface area contributed by atoms with E-state index >= 15 is 0 Å². The lowest BCUT2D eigenvalue weighted by Crippen LogP contribution is -2.35. The van der Waals surface area contributed by atoms with Crippen LogP contribution in [-0.2, 0) is 19.1 Å². The minimum Gasteiger partial charge on any atom is -0.465 e. The molecular weight excluding hydrogens is 428 g/mol. The summed E-state index contributed by atoms with van der Waals surface area (Å²) in [5.41, 5.74) is 1.20. The van der Waals surface area contributed by atoms with Gasteiger partial charge in [0.25, 0.3) is 0 Å². The number of ether oxygens (including phenoxy) is 1. The number of carbonyl (C=O) groups excluding carboxylic acids is 3. The molecule has 2 N–H and O–H groups in total. The Morgan fingerprint density at radius 1 is 0.939 bits per heavy atom. The Labute approximate surface area is 194 Å². The normalized spacial score (nSPS) is 21.5. The molecule has 0 saturated carbocycles. The van der Waals surface area contributed by atoms with Crippen molar-refractivity contribution < 1.29 is 29.3 Å². The van der Waals surface area contributed by atoms with Crippen molar-refractivity contribution in [2.24, 2.45) is 5.41 Å². The highest BCUT2D eigenvalue weighted by atomic mass is 16.5. The SMILES string of the molecule is CCC(CO)(CO)COC(=O)CCN1CC1.O=C1C=C(N2CC2)C(=O)C(N2CC2)=C1N1CC1. The fraction of sp³-hybridized carbons (Fsp3) is 0.696. The number of aliphatic hydroxyl groups is 2. The van der Waals surface area contributed by atoms with Gasteiger partial charge in [0.2, 0.25) is 11.6 Å². The maximum absolute atomic E-state index is 12.4. The molecule has 33 heavy (non-hydrogen) atoms. The van der Waals surface area contributed by atoms with E-state index in [2.05, 4.69) is 4.90 Å². The van der Waals surface area contributed by atoms with Gasteiger partial charge in [-0.2, -0.15) is 0 Å². The highest BCUT2D eigenvalue weighted by Gasteiger charge is 2.43. The minimum absolute atomic E-state index is 0.00546. The van der Waals surface area contributed by atoms with Gasteiger partial charge in [-0.1, -0.05) is 6.92 Å². The predicted octanol–water partition coefficient (Wildman–Crippen LogP) is -1.20. The second kappa shape index (κ2) is 9.82. The molecule has 0 amide bonds. The van der Waals surface area contributed by atoms with Crippen LogP contribution in [0.1, 0.15) is 19.8 Å². The molecule has 10 nitrogen and oxygen atoms in total. The molecule has 4 heterocycles. The number of nitrogens with zero attached hydrogens (tertiary/aromatic N) is 4. The number of hydrogen-bond acceptors (Lipinski definition) is 10. The van der Waals surface area contributed by atoms with Crippen molar-refractivity contribution in [1.29, 1.82) is 0 Å². The molecule has 0 unspecified atom stereocenters. The van der Waals surface area contributed by atoms with E-state index < -0.39 is 5.41 Å². The molecule has 0 radical (unpaired) electrons. The summed E-state index contributed by atoms with van der Waals surface area (Å²) in [6.45, 7) is 9.91. The van der Waals surface area contributed by atoms with Gasteiger partial charge in [0.05, 0.1) is 30.7 Å². The Kier molecular flexibility index (Phi) is 7.06. The van der Waals surface area contributed by atoms with E-state index in [0.29, 0.717) is 29.9 Å². The highest BCUT2D eigenvalue weighted by molar-refractivity contribution is 6.22. The molecule has 4 fully saturated rings. The van der Waals surface area contributed by atoms with Crippen molar-refractivity contribution in [1.82, 2.24) is 19.6 Å². The second-order valence-electron chi connectivity index (χ2n) is 9.30. The van der Waals surface area contributed by atoms with E-state index in [1.807, 2.05) is 21.6 Å². The van der Waals surface area contributed by atoms with Crippen molar-refractivity contribution in [3.05, 3.63) is 23.2 Å². The Morgan fingerprint density at radius 3 is 2.00 bits per heavy atom. The molecule has 182 valence electrons. The van der Waals surface area contributed by atoms with Gasteiger partial charge in [0.1, 0.15) is 18.0 Å². The van der Waals surface area contributed by atoms with Crippen LogP contribution < -0.4 is 0 Å². The molecule has 0 atom stereocenters. The summed E-state index contributed by atoms with van der Waals surface area (Å²) in [5.74, 6) is -0.209. The standard InChI is InChI=1S/C12H13N3O2.C11H21NO4/c16-9-7-8(13-1-2-13)12(17)11(15-5-6-15)10(9)14-3-4-14;1-2-11(7-13,8-14)9-16-10(15)3-4-12-5-6-12/h7H,1-6H2;13-14H,2-9H2,1H3. The number of aliphatic hydroxyl groups excluding tert-OH is 2. The van der Waals surface area contributed by atoms with Crippen LogP contribution in [0, 0.1) is 5.41 Å². The first kappa shape index (κ1) is 23.7. The summed E-state index contributed by atoms with van der Waals surface area (Å²) >= 11 is 0. The molecule has 10 heteroatoms. The zero-order valence-electron chi connectivity index (χ0n) is 19.3. The lowest BCUT2D eigenvalue weighted by molar-refractivity contribution is -0.149. The molecule has 5 aliphatic rings. The fourth-order valence-corrected chi connectivity index (χ4v) is 3.59. The van der Waals surface area contributed by atoms with Crippen LogP contribution in [0.2, 0.25) is 0 Å². The average molecular weight is 463 g/mol. The molecule has 4 saturated heterocycles. The molecular formula is C23H34N4O6. The van der Waals surface area contributed by atoms with Crippen molar-refractivity contribution in [2.75, 3.05) is 78.7 Å². The van der Waals surface area contributed by atoms with Gasteiger partial charge in [0.15, 0.2) is 0 Å². The van der Waals surface area contributed by atoms with Crippen LogP contribution in [0.15, 0.2) is 23.2 Å². The predicted molar refractivity (Wildman–Crippen MR) is 119 cm³/mol. The molecule has 0 bridgehead atoms. The third-order valence-corrected chi connectivity index (χ3v) is 6.62. The fourth-order valence-electron chi connectivity index (χ4n) is 3.59. The lowest BCUT2D eigenvalue weighted by Gasteiger charge is -2.27. The van der Waals surface area contributed by atoms with Crippen LogP contribution in [-0.4, -0.2) is 126 Å². The summed E-state index contributed by atoms with van der Waals surface area (Å²) < 4.78 is 5.07. The van der Waals surface area contributed by atoms with E-state index in [9.17, 15) is 14.4 Å². The van der Waals surface area contributed by atoms with E-state index in [0.717, 1.165) is 58.9 Å². The molecule has 0 aromatic rings. The second-order valence-corrected chi connectivity index (χ2v) is 9.30. The molecule has 1 aliphatic carbocycles. The first-order chi connectivity index (χ1) is 15.9. The number of allylic oxidation sites excluding steroid dienone is 1. The number of hydrogen-bond donors (Lipinski definition) is 2. The molecule has 5 rings (SSSR count). The van der Waals surface area contributed by atoms with Crippen LogP contribution in [0.5, 0.6) is 0 Å². The van der Waals surface area contributed by atoms with E-state index in [1.54, 1.807) is 0 Å². The Hall–Kier alpha value is -2.43. The van der Waals surface area contributed by atoms with Gasteiger partial charge in [-0.05, 0) is 6.42 Å². The number of esters is 1. The van der Waals surface area contributed by atoms with E-state index in [1.165, 1.54) is 6.08 Å². The minimum atomic E-state index is -0.685. The quantitative estimate of drug-likeness (QED) is 0.220. The maximum Gasteiger partial charge on any atom is 0.307 e. The van der Waals surface area contributed by atoms with Crippen LogP contribution in [0.3, 0.4) is 0 Å². The van der Waals surface area contributed by atoms with Crippen molar-refractivity contribution in [2.45, 2.75) is 19.8 Å².